The van der Waals surface area contributed by atoms with Crippen molar-refractivity contribution in [2.75, 3.05) is 6.54 Å². The zero-order chi connectivity index (χ0) is 27.0. The molecule has 0 bridgehead atoms. The number of para-hydroxylation sites is 1. The van der Waals surface area contributed by atoms with Crippen molar-refractivity contribution >= 4 is 23.2 Å². The lowest BCUT2D eigenvalue weighted by Gasteiger charge is -2.14. The fourth-order valence-corrected chi connectivity index (χ4v) is 3.81. The van der Waals surface area contributed by atoms with Crippen LogP contribution in [0.4, 0.5) is 22.0 Å². The molecule has 2 aromatic carbocycles. The summed E-state index contributed by atoms with van der Waals surface area (Å²) in [4.78, 5) is 16.9. The number of nitrogens with two attached hydrogens (primary N) is 1. The van der Waals surface area contributed by atoms with Crippen molar-refractivity contribution < 1.29 is 22.0 Å². The number of nitrogens with zero attached hydrogens (tertiary/aromatic N) is 6. The van der Waals surface area contributed by atoms with E-state index in [1.807, 2.05) is 0 Å². The van der Waals surface area contributed by atoms with Crippen molar-refractivity contribution in [3.63, 3.8) is 0 Å². The monoisotopic (exact) mass is 561 g/mol. The Morgan fingerprint density at radius 3 is 2.24 bits per heavy atom. The minimum Gasteiger partial charge on any atom is -0.325 e. The second kappa shape index (κ2) is 10.2. The molecule has 4 aromatic rings. The van der Waals surface area contributed by atoms with Crippen molar-refractivity contribution in [2.24, 2.45) is 5.73 Å². The highest BCUT2D eigenvalue weighted by Gasteiger charge is 2.37. The van der Waals surface area contributed by atoms with Crippen LogP contribution in [0.15, 0.2) is 53.3 Å². The molecule has 0 saturated carbocycles. The minimum absolute atomic E-state index is 0.0658. The van der Waals surface area contributed by atoms with Crippen LogP contribution in [0.1, 0.15) is 18.1 Å². The van der Waals surface area contributed by atoms with Gasteiger partial charge in [-0.25, -0.2) is 19.1 Å². The zero-order valence-corrected chi connectivity index (χ0v) is 20.3. The van der Waals surface area contributed by atoms with Gasteiger partial charge in [0, 0.05) is 17.1 Å². The highest BCUT2D eigenvalue weighted by molar-refractivity contribution is 6.32. The first-order chi connectivity index (χ1) is 17.4. The molecule has 37 heavy (non-hydrogen) atoms. The molecule has 0 unspecified atom stereocenters. The molecular formula is C22H18Cl2F5N7O. The average molecular weight is 562 g/mol. The van der Waals surface area contributed by atoms with Gasteiger partial charge in [0.05, 0.1) is 23.7 Å². The standard InChI is InChI=1S/C22H18Cl2F5N7O/c23-14-7-5-13(6-8-14)18-33-35(20(37)34(18)10-9-22(27,28)29)11-17-31-19(21(25,26)12-30)36(32-17)16-4-2-1-3-15(16)24/h1-8H,9-12,30H2. The van der Waals surface area contributed by atoms with E-state index in [9.17, 15) is 26.7 Å². The highest BCUT2D eigenvalue weighted by Crippen LogP contribution is 2.30. The molecule has 0 amide bonds. The summed E-state index contributed by atoms with van der Waals surface area (Å²) in [7, 11) is 0. The first kappa shape index (κ1) is 26.8. The van der Waals surface area contributed by atoms with Gasteiger partial charge in [-0.1, -0.05) is 35.3 Å². The SMILES string of the molecule is NCC(F)(F)c1nc(Cn2nc(-c3ccc(Cl)cc3)n(CCC(F)(F)F)c2=O)nn1-c1ccccc1Cl. The van der Waals surface area contributed by atoms with E-state index in [0.717, 1.165) is 13.9 Å². The number of rotatable bonds is 8. The van der Waals surface area contributed by atoms with E-state index in [1.54, 1.807) is 12.1 Å². The Bertz CT molecular complexity index is 1460. The van der Waals surface area contributed by atoms with Gasteiger partial charge in [-0.2, -0.15) is 22.0 Å². The molecule has 2 aromatic heterocycles. The number of benzene rings is 2. The lowest BCUT2D eigenvalue weighted by Crippen LogP contribution is -2.29. The van der Waals surface area contributed by atoms with Crippen LogP contribution in [0.3, 0.4) is 0 Å². The van der Waals surface area contributed by atoms with Gasteiger partial charge < -0.3 is 5.73 Å². The minimum atomic E-state index is -4.53. The summed E-state index contributed by atoms with van der Waals surface area (Å²) in [5.41, 5.74) is 4.75. The Morgan fingerprint density at radius 1 is 0.946 bits per heavy atom. The van der Waals surface area contributed by atoms with Crippen LogP contribution in [-0.2, 0) is 19.0 Å². The average Bonchev–Trinajstić information content (AvgIpc) is 3.40. The van der Waals surface area contributed by atoms with E-state index in [4.69, 9.17) is 28.9 Å². The van der Waals surface area contributed by atoms with Crippen LogP contribution >= 0.6 is 23.2 Å². The molecule has 0 saturated heterocycles. The van der Waals surface area contributed by atoms with Crippen LogP contribution in [0, 0.1) is 0 Å². The fourth-order valence-electron chi connectivity index (χ4n) is 3.47. The van der Waals surface area contributed by atoms with Crippen LogP contribution in [0.2, 0.25) is 10.0 Å². The van der Waals surface area contributed by atoms with E-state index in [0.29, 0.717) is 10.6 Å². The number of hydrogen-bond acceptors (Lipinski definition) is 5. The third-order valence-corrected chi connectivity index (χ3v) is 5.82. The largest absolute Gasteiger partial charge is 0.390 e. The summed E-state index contributed by atoms with van der Waals surface area (Å²) in [5.74, 6) is -4.74. The summed E-state index contributed by atoms with van der Waals surface area (Å²) in [5, 5.41) is 8.70. The second-order valence-corrected chi connectivity index (χ2v) is 8.75. The maximum Gasteiger partial charge on any atom is 0.390 e. The van der Waals surface area contributed by atoms with Crippen molar-refractivity contribution in [3.8, 4) is 17.1 Å². The van der Waals surface area contributed by atoms with E-state index < -0.39 is 49.7 Å². The number of halogens is 7. The van der Waals surface area contributed by atoms with Gasteiger partial charge in [0.15, 0.2) is 11.6 Å². The normalized spacial score (nSPS) is 12.3. The molecule has 15 heteroatoms. The Kier molecular flexibility index (Phi) is 7.40. The van der Waals surface area contributed by atoms with E-state index >= 15 is 0 Å². The zero-order valence-electron chi connectivity index (χ0n) is 18.8. The fraction of sp³-hybridized carbons (Fsp3) is 0.273. The number of hydrogen-bond donors (Lipinski definition) is 1. The number of alkyl halides is 5. The smallest absolute Gasteiger partial charge is 0.325 e. The second-order valence-electron chi connectivity index (χ2n) is 7.91. The molecule has 0 aliphatic rings. The van der Waals surface area contributed by atoms with Crippen LogP contribution in [0.5, 0.6) is 0 Å². The summed E-state index contributed by atoms with van der Waals surface area (Å²) < 4.78 is 70.5. The van der Waals surface area contributed by atoms with Crippen molar-refractivity contribution in [2.45, 2.75) is 31.6 Å². The van der Waals surface area contributed by atoms with Gasteiger partial charge in [0.1, 0.15) is 6.54 Å². The van der Waals surface area contributed by atoms with E-state index in [2.05, 4.69) is 15.2 Å². The Hall–Kier alpha value is -3.29. The first-order valence-corrected chi connectivity index (χ1v) is 11.4. The summed E-state index contributed by atoms with van der Waals surface area (Å²) in [6.07, 6.45) is -5.82. The van der Waals surface area contributed by atoms with Gasteiger partial charge in [-0.15, -0.1) is 10.2 Å². The van der Waals surface area contributed by atoms with Crippen molar-refractivity contribution in [1.82, 2.24) is 29.1 Å². The lowest BCUT2D eigenvalue weighted by atomic mass is 10.2. The Morgan fingerprint density at radius 2 is 1.62 bits per heavy atom. The van der Waals surface area contributed by atoms with Crippen molar-refractivity contribution in [1.29, 1.82) is 0 Å². The molecule has 0 fully saturated rings. The third kappa shape index (κ3) is 5.84. The van der Waals surface area contributed by atoms with Crippen LogP contribution in [-0.4, -0.2) is 41.8 Å². The predicted molar refractivity (Wildman–Crippen MR) is 126 cm³/mol. The molecular weight excluding hydrogens is 544 g/mol. The Labute approximate surface area is 216 Å². The summed E-state index contributed by atoms with van der Waals surface area (Å²) in [6.45, 7) is -2.30. The van der Waals surface area contributed by atoms with Crippen LogP contribution in [0.25, 0.3) is 17.1 Å². The van der Waals surface area contributed by atoms with E-state index in [1.165, 1.54) is 36.4 Å². The molecule has 0 aliphatic carbocycles. The molecule has 4 rings (SSSR count). The molecule has 0 atom stereocenters. The van der Waals surface area contributed by atoms with Crippen molar-refractivity contribution in [3.05, 3.63) is 80.7 Å². The van der Waals surface area contributed by atoms with E-state index in [-0.39, 0.29) is 22.4 Å². The quantitative estimate of drug-likeness (QED) is 0.316. The van der Waals surface area contributed by atoms with Gasteiger partial charge in [-0.3, -0.25) is 4.57 Å². The van der Waals surface area contributed by atoms with Gasteiger partial charge in [0.2, 0.25) is 5.82 Å². The molecule has 8 nitrogen and oxygen atoms in total. The topological polar surface area (TPSA) is 96.5 Å². The van der Waals surface area contributed by atoms with Gasteiger partial charge in [0.25, 0.3) is 0 Å². The lowest BCUT2D eigenvalue weighted by molar-refractivity contribution is -0.136. The maximum atomic E-state index is 14.6. The number of aromatic nitrogens is 6. The molecule has 0 aliphatic heterocycles. The molecule has 2 heterocycles. The molecule has 2 N–H and O–H groups in total. The first-order valence-electron chi connectivity index (χ1n) is 10.7. The van der Waals surface area contributed by atoms with Gasteiger partial charge >= 0.3 is 17.8 Å². The molecule has 0 radical (unpaired) electrons. The Balaban J connectivity index is 1.79. The highest BCUT2D eigenvalue weighted by atomic mass is 35.5. The summed E-state index contributed by atoms with van der Waals surface area (Å²) >= 11 is 12.0. The third-order valence-electron chi connectivity index (χ3n) is 5.25. The predicted octanol–water partition coefficient (Wildman–Crippen LogP) is 4.65. The van der Waals surface area contributed by atoms with Gasteiger partial charge in [-0.05, 0) is 36.4 Å². The molecule has 196 valence electrons. The maximum absolute atomic E-state index is 14.6. The summed E-state index contributed by atoms with van der Waals surface area (Å²) in [6, 6.07) is 12.0. The molecule has 0 spiro atoms. The van der Waals surface area contributed by atoms with Crippen LogP contribution < -0.4 is 11.4 Å².